The molecular formula is C22H30BrCl2N3O2. The Morgan fingerprint density at radius 1 is 1.13 bits per heavy atom. The van der Waals surface area contributed by atoms with E-state index in [4.69, 9.17) is 9.47 Å². The number of aromatic nitrogens is 1. The Balaban J connectivity index is 0.00000160. The number of benzene rings is 1. The molecule has 0 unspecified atom stereocenters. The first kappa shape index (κ1) is 25.1. The molecule has 166 valence electrons. The summed E-state index contributed by atoms with van der Waals surface area (Å²) in [6.07, 6.45) is 3.79. The van der Waals surface area contributed by atoms with Crippen molar-refractivity contribution < 1.29 is 9.47 Å². The lowest BCUT2D eigenvalue weighted by Gasteiger charge is -2.35. The van der Waals surface area contributed by atoms with E-state index < -0.39 is 0 Å². The van der Waals surface area contributed by atoms with Crippen molar-refractivity contribution >= 4 is 46.6 Å². The summed E-state index contributed by atoms with van der Waals surface area (Å²) < 4.78 is 13.3. The minimum Gasteiger partial charge on any atom is -0.490 e. The fourth-order valence-electron chi connectivity index (χ4n) is 3.96. The molecule has 1 aromatic carbocycles. The Morgan fingerprint density at radius 2 is 1.90 bits per heavy atom. The minimum absolute atomic E-state index is 0. The van der Waals surface area contributed by atoms with Crippen molar-refractivity contribution in [3.8, 4) is 11.5 Å². The lowest BCUT2D eigenvalue weighted by Crippen LogP contribution is -2.47. The van der Waals surface area contributed by atoms with Crippen LogP contribution in [0.3, 0.4) is 0 Å². The Labute approximate surface area is 200 Å². The van der Waals surface area contributed by atoms with Crippen LogP contribution in [-0.2, 0) is 6.42 Å². The predicted molar refractivity (Wildman–Crippen MR) is 130 cm³/mol. The molecule has 8 heteroatoms. The number of hydrogen-bond donors (Lipinski definition) is 0. The van der Waals surface area contributed by atoms with Gasteiger partial charge in [-0.3, -0.25) is 4.90 Å². The van der Waals surface area contributed by atoms with E-state index >= 15 is 0 Å². The number of halogens is 3. The summed E-state index contributed by atoms with van der Waals surface area (Å²) in [6, 6.07) is 10.3. The molecule has 1 aromatic heterocycles. The summed E-state index contributed by atoms with van der Waals surface area (Å²) in [6.45, 7) is 10.2. The molecule has 1 saturated heterocycles. The van der Waals surface area contributed by atoms with Crippen molar-refractivity contribution in [1.82, 2.24) is 9.88 Å². The molecule has 0 bridgehead atoms. The number of fused-ring (bicyclic) bond motifs is 1. The monoisotopic (exact) mass is 517 g/mol. The SMILES string of the molecule is CC1(C)Cc2cc(Br)cc(OCCCN3CCN(c4ccccn4)CC3)c2O1.Cl.Cl. The molecule has 0 radical (unpaired) electrons. The van der Waals surface area contributed by atoms with Gasteiger partial charge in [-0.15, -0.1) is 24.8 Å². The Morgan fingerprint density at radius 3 is 2.60 bits per heavy atom. The Kier molecular flexibility index (Phi) is 9.10. The molecule has 5 nitrogen and oxygen atoms in total. The molecule has 1 fully saturated rings. The zero-order valence-corrected chi connectivity index (χ0v) is 20.7. The van der Waals surface area contributed by atoms with Gasteiger partial charge in [-0.05, 0) is 44.5 Å². The number of rotatable bonds is 6. The van der Waals surface area contributed by atoms with Crippen LogP contribution in [0.4, 0.5) is 5.82 Å². The number of nitrogens with zero attached hydrogens (tertiary/aromatic N) is 3. The maximum atomic E-state index is 6.11. The maximum Gasteiger partial charge on any atom is 0.165 e. The van der Waals surface area contributed by atoms with Crippen molar-refractivity contribution in [3.63, 3.8) is 0 Å². The van der Waals surface area contributed by atoms with Crippen LogP contribution in [0, 0.1) is 0 Å². The molecule has 2 aliphatic rings. The van der Waals surface area contributed by atoms with E-state index in [1.807, 2.05) is 18.3 Å². The van der Waals surface area contributed by atoms with E-state index in [1.54, 1.807) is 0 Å². The van der Waals surface area contributed by atoms with Crippen LogP contribution >= 0.6 is 40.7 Å². The van der Waals surface area contributed by atoms with Gasteiger partial charge in [0.1, 0.15) is 11.4 Å². The molecule has 0 spiro atoms. The van der Waals surface area contributed by atoms with Gasteiger partial charge in [0.15, 0.2) is 11.5 Å². The van der Waals surface area contributed by atoms with Crippen molar-refractivity contribution in [2.24, 2.45) is 0 Å². The average Bonchev–Trinajstić information content (AvgIpc) is 3.00. The van der Waals surface area contributed by atoms with Gasteiger partial charge in [-0.2, -0.15) is 0 Å². The maximum absolute atomic E-state index is 6.11. The molecule has 2 aromatic rings. The second kappa shape index (κ2) is 10.9. The highest BCUT2D eigenvalue weighted by Gasteiger charge is 2.32. The zero-order chi connectivity index (χ0) is 19.6. The number of ether oxygens (including phenoxy) is 2. The molecule has 3 heterocycles. The number of hydrogen-bond acceptors (Lipinski definition) is 5. The molecule has 30 heavy (non-hydrogen) atoms. The second-order valence-corrected chi connectivity index (χ2v) is 9.07. The van der Waals surface area contributed by atoms with Crippen LogP contribution in [0.2, 0.25) is 0 Å². The van der Waals surface area contributed by atoms with Gasteiger partial charge >= 0.3 is 0 Å². The highest BCUT2D eigenvalue weighted by atomic mass is 79.9. The highest BCUT2D eigenvalue weighted by molar-refractivity contribution is 9.10. The summed E-state index contributed by atoms with van der Waals surface area (Å²) in [5.74, 6) is 2.85. The Bertz CT molecular complexity index is 816. The molecule has 0 N–H and O–H groups in total. The molecule has 4 rings (SSSR count). The summed E-state index contributed by atoms with van der Waals surface area (Å²) in [7, 11) is 0. The predicted octanol–water partition coefficient (Wildman–Crippen LogP) is 4.99. The summed E-state index contributed by atoms with van der Waals surface area (Å²) in [5.41, 5.74) is 1.06. The quantitative estimate of drug-likeness (QED) is 0.503. The van der Waals surface area contributed by atoms with E-state index in [-0.39, 0.29) is 30.4 Å². The fraction of sp³-hybridized carbons (Fsp3) is 0.500. The van der Waals surface area contributed by atoms with Crippen molar-refractivity contribution in [2.45, 2.75) is 32.3 Å². The van der Waals surface area contributed by atoms with Crippen LogP contribution in [0.15, 0.2) is 41.0 Å². The summed E-state index contributed by atoms with van der Waals surface area (Å²) in [5, 5.41) is 0. The van der Waals surface area contributed by atoms with Crippen molar-refractivity contribution in [2.75, 3.05) is 44.2 Å². The number of anilines is 1. The molecule has 0 atom stereocenters. The van der Waals surface area contributed by atoms with Crippen LogP contribution in [0.5, 0.6) is 11.5 Å². The topological polar surface area (TPSA) is 37.8 Å². The Hall–Kier alpha value is -1.21. The van der Waals surface area contributed by atoms with Crippen LogP contribution in [0.25, 0.3) is 0 Å². The molecule has 2 aliphatic heterocycles. The van der Waals surface area contributed by atoms with Gasteiger partial charge in [0.05, 0.1) is 6.61 Å². The van der Waals surface area contributed by atoms with E-state index in [9.17, 15) is 0 Å². The van der Waals surface area contributed by atoms with Crippen LogP contribution in [0.1, 0.15) is 25.8 Å². The third kappa shape index (κ3) is 6.16. The van der Waals surface area contributed by atoms with E-state index in [2.05, 4.69) is 62.8 Å². The minimum atomic E-state index is -0.158. The van der Waals surface area contributed by atoms with Crippen LogP contribution < -0.4 is 14.4 Å². The molecular weight excluding hydrogens is 489 g/mol. The van der Waals surface area contributed by atoms with Gasteiger partial charge in [-0.1, -0.05) is 22.0 Å². The van der Waals surface area contributed by atoms with Gasteiger partial charge in [0.25, 0.3) is 0 Å². The third-order valence-electron chi connectivity index (χ3n) is 5.31. The second-order valence-electron chi connectivity index (χ2n) is 8.15. The van der Waals surface area contributed by atoms with Crippen molar-refractivity contribution in [3.05, 3.63) is 46.6 Å². The van der Waals surface area contributed by atoms with Gasteiger partial charge < -0.3 is 14.4 Å². The fourth-order valence-corrected chi connectivity index (χ4v) is 4.44. The van der Waals surface area contributed by atoms with Crippen molar-refractivity contribution in [1.29, 1.82) is 0 Å². The molecule has 0 saturated carbocycles. The standard InChI is InChI=1S/C22H28BrN3O2.2ClH/c1-22(2)16-17-14-18(23)15-19(21(17)28-22)27-13-5-8-25-9-11-26(12-10-25)20-6-3-4-7-24-20;;/h3-4,6-7,14-15H,5,8-13,16H2,1-2H3;2*1H. The first-order valence-corrected chi connectivity index (χ1v) is 10.8. The average molecular weight is 519 g/mol. The summed E-state index contributed by atoms with van der Waals surface area (Å²) >= 11 is 3.60. The van der Waals surface area contributed by atoms with Crippen LogP contribution in [-0.4, -0.2) is 54.8 Å². The highest BCUT2D eigenvalue weighted by Crippen LogP contribution is 2.43. The number of piperazine rings is 1. The van der Waals surface area contributed by atoms with Gasteiger partial charge in [0, 0.05) is 55.4 Å². The first-order chi connectivity index (χ1) is 13.5. The van der Waals surface area contributed by atoms with Gasteiger partial charge in [-0.25, -0.2) is 4.98 Å². The molecule has 0 aliphatic carbocycles. The summed E-state index contributed by atoms with van der Waals surface area (Å²) in [4.78, 5) is 9.32. The van der Waals surface area contributed by atoms with E-state index in [1.165, 1.54) is 5.56 Å². The smallest absolute Gasteiger partial charge is 0.165 e. The lowest BCUT2D eigenvalue weighted by atomic mass is 10.0. The molecule has 0 amide bonds. The largest absolute Gasteiger partial charge is 0.490 e. The van der Waals surface area contributed by atoms with Gasteiger partial charge in [0.2, 0.25) is 0 Å². The zero-order valence-electron chi connectivity index (χ0n) is 17.5. The lowest BCUT2D eigenvalue weighted by molar-refractivity contribution is 0.131. The van der Waals surface area contributed by atoms with E-state index in [0.29, 0.717) is 6.61 Å². The third-order valence-corrected chi connectivity index (χ3v) is 5.77. The number of pyridine rings is 1. The first-order valence-electron chi connectivity index (χ1n) is 10.0. The van der Waals surface area contributed by atoms with E-state index in [0.717, 1.165) is 67.4 Å². The normalized spacial score (nSPS) is 17.4.